The number of carboxylic acid groups (broad SMARTS) is 1. The molecule has 35 heavy (non-hydrogen) atoms. The first-order chi connectivity index (χ1) is 16.1. The van der Waals surface area contributed by atoms with E-state index in [1.165, 1.54) is 0 Å². The molecular formula is C27H34O8. The molecule has 8 heteroatoms. The van der Waals surface area contributed by atoms with Crippen LogP contribution in [0.5, 0.6) is 11.5 Å². The summed E-state index contributed by atoms with van der Waals surface area (Å²) in [6.45, 7) is 12.4. The molecule has 0 aliphatic rings. The monoisotopic (exact) mass is 486 g/mol. The number of benzene rings is 2. The molecule has 0 aliphatic carbocycles. The number of carbonyl (C=O) groups is 3. The van der Waals surface area contributed by atoms with Crippen molar-refractivity contribution >= 4 is 18.3 Å². The fourth-order valence-corrected chi connectivity index (χ4v) is 3.33. The average Bonchev–Trinajstić information content (AvgIpc) is 2.70. The van der Waals surface area contributed by atoms with Crippen LogP contribution in [0.4, 0.5) is 9.59 Å². The van der Waals surface area contributed by atoms with E-state index in [0.717, 1.165) is 11.1 Å². The first-order valence-corrected chi connectivity index (χ1v) is 11.3. The second-order valence-corrected chi connectivity index (χ2v) is 10.4. The van der Waals surface area contributed by atoms with Crippen molar-refractivity contribution < 1.29 is 38.4 Å². The Balaban J connectivity index is 2.25. The van der Waals surface area contributed by atoms with Crippen LogP contribution in [0.2, 0.25) is 0 Å². The van der Waals surface area contributed by atoms with Gasteiger partial charge in [0.05, 0.1) is 0 Å². The normalized spacial score (nSPS) is 12.0. The predicted molar refractivity (Wildman–Crippen MR) is 130 cm³/mol. The number of ether oxygens (including phenoxy) is 4. The second-order valence-electron chi connectivity index (χ2n) is 10.4. The van der Waals surface area contributed by atoms with E-state index in [4.69, 9.17) is 18.9 Å². The lowest BCUT2D eigenvalue weighted by Gasteiger charge is -2.31. The zero-order valence-corrected chi connectivity index (χ0v) is 21.3. The highest BCUT2D eigenvalue weighted by atomic mass is 16.7. The van der Waals surface area contributed by atoms with E-state index in [1.54, 1.807) is 90.1 Å². The van der Waals surface area contributed by atoms with Gasteiger partial charge in [0.2, 0.25) is 0 Å². The minimum atomic E-state index is -0.911. The summed E-state index contributed by atoms with van der Waals surface area (Å²) in [7, 11) is 0. The molecule has 1 N–H and O–H groups in total. The first kappa shape index (κ1) is 27.7. The molecule has 2 aromatic rings. The third kappa shape index (κ3) is 8.96. The summed E-state index contributed by atoms with van der Waals surface area (Å²) in [5, 5.41) is 9.30. The summed E-state index contributed by atoms with van der Waals surface area (Å²) < 4.78 is 20.8. The zero-order chi connectivity index (χ0) is 26.4. The topological polar surface area (TPSA) is 108 Å². The van der Waals surface area contributed by atoms with Gasteiger partial charge in [-0.1, -0.05) is 31.2 Å². The lowest BCUT2D eigenvalue weighted by atomic mass is 9.73. The van der Waals surface area contributed by atoms with E-state index in [-0.39, 0.29) is 6.42 Å². The maximum Gasteiger partial charge on any atom is 0.514 e. The number of carbonyl (C=O) groups excluding carboxylic acids is 2. The van der Waals surface area contributed by atoms with Crippen LogP contribution in [-0.2, 0) is 19.7 Å². The van der Waals surface area contributed by atoms with Gasteiger partial charge in [0.15, 0.2) is 0 Å². The van der Waals surface area contributed by atoms with Crippen LogP contribution in [0.1, 0.15) is 72.4 Å². The third-order valence-corrected chi connectivity index (χ3v) is 5.00. The van der Waals surface area contributed by atoms with E-state index < -0.39 is 34.9 Å². The predicted octanol–water partition coefficient (Wildman–Crippen LogP) is 6.49. The molecule has 0 bridgehead atoms. The van der Waals surface area contributed by atoms with Gasteiger partial charge in [0, 0.05) is 11.8 Å². The Morgan fingerprint density at radius 1 is 0.657 bits per heavy atom. The molecule has 0 fully saturated rings. The standard InChI is InChI=1S/C27H34O8/c1-25(2,3)34-23(30)32-20-12-8-18(9-13-20)27(7,17-16-22(28)29)19-10-14-21(15-11-19)33-24(31)35-26(4,5)6/h8-15H,16-17H2,1-7H3,(H,28,29). The fraction of sp³-hybridized carbons (Fsp3) is 0.444. The number of rotatable bonds is 7. The Labute approximate surface area is 206 Å². The highest BCUT2D eigenvalue weighted by Crippen LogP contribution is 2.38. The van der Waals surface area contributed by atoms with E-state index >= 15 is 0 Å². The lowest BCUT2D eigenvalue weighted by Crippen LogP contribution is -2.26. The molecule has 0 aliphatic heterocycles. The molecule has 0 saturated heterocycles. The van der Waals surface area contributed by atoms with Crippen molar-refractivity contribution in [3.05, 3.63) is 59.7 Å². The van der Waals surface area contributed by atoms with Crippen LogP contribution in [-0.4, -0.2) is 34.6 Å². The van der Waals surface area contributed by atoms with Crippen molar-refractivity contribution in [1.29, 1.82) is 0 Å². The van der Waals surface area contributed by atoms with Gasteiger partial charge >= 0.3 is 18.3 Å². The zero-order valence-electron chi connectivity index (χ0n) is 21.3. The Hall–Kier alpha value is -3.55. The number of carboxylic acids is 1. The van der Waals surface area contributed by atoms with Gasteiger partial charge < -0.3 is 24.1 Å². The molecule has 0 heterocycles. The van der Waals surface area contributed by atoms with Gasteiger partial charge in [-0.2, -0.15) is 0 Å². The van der Waals surface area contributed by atoms with Crippen LogP contribution in [0.15, 0.2) is 48.5 Å². The Kier molecular flexibility index (Phi) is 8.55. The van der Waals surface area contributed by atoms with Crippen molar-refractivity contribution in [3.63, 3.8) is 0 Å². The van der Waals surface area contributed by atoms with Crippen molar-refractivity contribution in [3.8, 4) is 11.5 Å². The highest BCUT2D eigenvalue weighted by molar-refractivity contribution is 5.67. The van der Waals surface area contributed by atoms with E-state index in [1.807, 2.05) is 6.92 Å². The quantitative estimate of drug-likeness (QED) is 0.350. The summed E-state index contributed by atoms with van der Waals surface area (Å²) >= 11 is 0. The average molecular weight is 487 g/mol. The molecule has 0 unspecified atom stereocenters. The van der Waals surface area contributed by atoms with Gasteiger partial charge in [0.1, 0.15) is 22.7 Å². The summed E-state index contributed by atoms with van der Waals surface area (Å²) in [5.74, 6) is -0.291. The maximum atomic E-state index is 11.9. The second kappa shape index (κ2) is 10.8. The summed E-state index contributed by atoms with van der Waals surface area (Å²) in [6.07, 6.45) is -1.34. The van der Waals surface area contributed by atoms with E-state index in [0.29, 0.717) is 17.9 Å². The Morgan fingerprint density at radius 2 is 1.00 bits per heavy atom. The minimum absolute atomic E-state index is 0.0528. The highest BCUT2D eigenvalue weighted by Gasteiger charge is 2.30. The molecule has 2 rings (SSSR count). The van der Waals surface area contributed by atoms with Crippen LogP contribution >= 0.6 is 0 Å². The molecule has 0 saturated carbocycles. The number of hydrogen-bond donors (Lipinski definition) is 1. The minimum Gasteiger partial charge on any atom is -0.481 e. The lowest BCUT2D eigenvalue weighted by molar-refractivity contribution is -0.137. The van der Waals surface area contributed by atoms with Gasteiger partial charge in [-0.25, -0.2) is 9.59 Å². The maximum absolute atomic E-state index is 11.9. The molecular weight excluding hydrogens is 452 g/mol. The Bertz CT molecular complexity index is 951. The largest absolute Gasteiger partial charge is 0.514 e. The summed E-state index contributed by atoms with van der Waals surface area (Å²) in [4.78, 5) is 35.2. The summed E-state index contributed by atoms with van der Waals surface area (Å²) in [6, 6.07) is 13.7. The summed E-state index contributed by atoms with van der Waals surface area (Å²) in [5.41, 5.74) is -0.364. The van der Waals surface area contributed by atoms with Crippen LogP contribution in [0, 0.1) is 0 Å². The fourth-order valence-electron chi connectivity index (χ4n) is 3.33. The number of hydrogen-bond acceptors (Lipinski definition) is 7. The van der Waals surface area contributed by atoms with E-state index in [2.05, 4.69) is 0 Å². The van der Waals surface area contributed by atoms with Crippen LogP contribution < -0.4 is 9.47 Å². The van der Waals surface area contributed by atoms with Crippen molar-refractivity contribution in [2.45, 2.75) is 77.9 Å². The van der Waals surface area contributed by atoms with Gasteiger partial charge in [-0.15, -0.1) is 0 Å². The molecule has 0 radical (unpaired) electrons. The first-order valence-electron chi connectivity index (χ1n) is 11.3. The van der Waals surface area contributed by atoms with Crippen molar-refractivity contribution in [2.75, 3.05) is 0 Å². The van der Waals surface area contributed by atoms with Crippen LogP contribution in [0.3, 0.4) is 0 Å². The third-order valence-electron chi connectivity index (χ3n) is 5.00. The molecule has 190 valence electrons. The van der Waals surface area contributed by atoms with Crippen LogP contribution in [0.25, 0.3) is 0 Å². The van der Waals surface area contributed by atoms with Gasteiger partial charge in [0.25, 0.3) is 0 Å². The smallest absolute Gasteiger partial charge is 0.481 e. The Morgan fingerprint density at radius 3 is 1.29 bits per heavy atom. The molecule has 0 aromatic heterocycles. The molecule has 2 aromatic carbocycles. The molecule has 0 amide bonds. The molecule has 0 atom stereocenters. The van der Waals surface area contributed by atoms with Crippen molar-refractivity contribution in [2.24, 2.45) is 0 Å². The molecule has 8 nitrogen and oxygen atoms in total. The van der Waals surface area contributed by atoms with E-state index in [9.17, 15) is 19.5 Å². The van der Waals surface area contributed by atoms with Gasteiger partial charge in [-0.05, 0) is 83.4 Å². The SMILES string of the molecule is CC(C)(C)OC(=O)Oc1ccc(C(C)(CCC(=O)O)c2ccc(OC(=O)OC(C)(C)C)cc2)cc1. The van der Waals surface area contributed by atoms with Crippen molar-refractivity contribution in [1.82, 2.24) is 0 Å². The number of aliphatic carboxylic acids is 1. The molecule has 0 spiro atoms. The van der Waals surface area contributed by atoms with Gasteiger partial charge in [-0.3, -0.25) is 4.79 Å².